The van der Waals surface area contributed by atoms with Crippen LogP contribution in [0.15, 0.2) is 12.1 Å². The third kappa shape index (κ3) is 2.31. The number of thiophene rings is 1. The first-order chi connectivity index (χ1) is 7.69. The zero-order valence-electron chi connectivity index (χ0n) is 10.4. The maximum atomic E-state index is 6.32. The Morgan fingerprint density at radius 1 is 1.44 bits per heavy atom. The van der Waals surface area contributed by atoms with E-state index in [0.29, 0.717) is 0 Å². The van der Waals surface area contributed by atoms with E-state index in [2.05, 4.69) is 38.2 Å². The van der Waals surface area contributed by atoms with Gasteiger partial charge >= 0.3 is 0 Å². The van der Waals surface area contributed by atoms with E-state index in [1.54, 1.807) is 0 Å². The summed E-state index contributed by atoms with van der Waals surface area (Å²) in [6.07, 6.45) is 2.40. The van der Waals surface area contributed by atoms with Crippen molar-refractivity contribution in [1.82, 2.24) is 5.32 Å². The van der Waals surface area contributed by atoms with Gasteiger partial charge in [-0.1, -0.05) is 13.8 Å². The maximum absolute atomic E-state index is 6.32. The van der Waals surface area contributed by atoms with Gasteiger partial charge in [-0.15, -0.1) is 11.3 Å². The Hall–Kier alpha value is -0.380. The highest BCUT2D eigenvalue weighted by Crippen LogP contribution is 2.34. The number of nitrogens with one attached hydrogen (secondary N) is 1. The van der Waals surface area contributed by atoms with Crippen molar-refractivity contribution in [3.63, 3.8) is 0 Å². The molecule has 2 nitrogen and oxygen atoms in total. The van der Waals surface area contributed by atoms with E-state index in [4.69, 9.17) is 4.74 Å². The third-order valence-electron chi connectivity index (χ3n) is 3.54. The van der Waals surface area contributed by atoms with Crippen LogP contribution >= 0.6 is 11.3 Å². The van der Waals surface area contributed by atoms with Crippen molar-refractivity contribution in [3.05, 3.63) is 21.9 Å². The second kappa shape index (κ2) is 4.86. The van der Waals surface area contributed by atoms with Crippen LogP contribution in [0.1, 0.15) is 42.5 Å². The zero-order valence-corrected chi connectivity index (χ0v) is 11.2. The lowest BCUT2D eigenvalue weighted by atomic mass is 9.95. The van der Waals surface area contributed by atoms with Crippen molar-refractivity contribution in [2.24, 2.45) is 0 Å². The van der Waals surface area contributed by atoms with Crippen LogP contribution < -0.4 is 5.32 Å². The van der Waals surface area contributed by atoms with E-state index in [-0.39, 0.29) is 11.7 Å². The molecule has 1 aliphatic heterocycles. The monoisotopic (exact) mass is 239 g/mol. The fraction of sp³-hybridized carbons (Fsp3) is 0.692. The Kier molecular flexibility index (Phi) is 3.67. The lowest BCUT2D eigenvalue weighted by Crippen LogP contribution is -2.50. The minimum Gasteiger partial charge on any atom is -0.364 e. The van der Waals surface area contributed by atoms with E-state index < -0.39 is 0 Å². The molecule has 0 aromatic carbocycles. The summed E-state index contributed by atoms with van der Waals surface area (Å²) >= 11 is 1.85. The van der Waals surface area contributed by atoms with Gasteiger partial charge in [-0.2, -0.15) is 0 Å². The van der Waals surface area contributed by atoms with E-state index in [9.17, 15) is 0 Å². The van der Waals surface area contributed by atoms with Gasteiger partial charge in [0.25, 0.3) is 0 Å². The Balaban J connectivity index is 2.12. The Morgan fingerprint density at radius 2 is 2.19 bits per heavy atom. The topological polar surface area (TPSA) is 21.3 Å². The summed E-state index contributed by atoms with van der Waals surface area (Å²) in [5, 5.41) is 3.52. The lowest BCUT2D eigenvalue weighted by molar-refractivity contribution is -0.121. The fourth-order valence-electron chi connectivity index (χ4n) is 2.27. The van der Waals surface area contributed by atoms with Crippen LogP contribution in [-0.2, 0) is 4.74 Å². The largest absolute Gasteiger partial charge is 0.364 e. The average Bonchev–Trinajstić information content (AvgIpc) is 2.76. The quantitative estimate of drug-likeness (QED) is 0.874. The first kappa shape index (κ1) is 12.1. The van der Waals surface area contributed by atoms with Crippen LogP contribution in [-0.4, -0.2) is 18.7 Å². The van der Waals surface area contributed by atoms with Crippen LogP contribution in [0.4, 0.5) is 0 Å². The van der Waals surface area contributed by atoms with E-state index >= 15 is 0 Å². The number of ether oxygens (including phenoxy) is 1. The molecule has 1 aromatic rings. The van der Waals surface area contributed by atoms with Crippen LogP contribution in [0, 0.1) is 6.92 Å². The smallest absolute Gasteiger partial charge is 0.105 e. The average molecular weight is 239 g/mol. The highest BCUT2D eigenvalue weighted by atomic mass is 32.1. The minimum absolute atomic E-state index is 0.0425. The molecule has 0 radical (unpaired) electrons. The van der Waals surface area contributed by atoms with Gasteiger partial charge in [0.2, 0.25) is 0 Å². The highest BCUT2D eigenvalue weighted by molar-refractivity contribution is 7.12. The lowest BCUT2D eigenvalue weighted by Gasteiger charge is -2.40. The SMILES string of the molecule is CCC1(CC)CNCC(c2ccc(C)s2)O1. The highest BCUT2D eigenvalue weighted by Gasteiger charge is 2.35. The van der Waals surface area contributed by atoms with Gasteiger partial charge in [0.05, 0.1) is 5.60 Å². The molecule has 1 atom stereocenters. The third-order valence-corrected chi connectivity index (χ3v) is 4.63. The van der Waals surface area contributed by atoms with Crippen molar-refractivity contribution >= 4 is 11.3 Å². The molecule has 0 aliphatic carbocycles. The number of hydrogen-bond donors (Lipinski definition) is 1. The van der Waals surface area contributed by atoms with Gasteiger partial charge in [0.1, 0.15) is 6.10 Å². The summed E-state index contributed by atoms with van der Waals surface area (Å²) in [6, 6.07) is 4.38. The molecule has 1 N–H and O–H groups in total. The summed E-state index contributed by atoms with van der Waals surface area (Å²) < 4.78 is 6.32. The van der Waals surface area contributed by atoms with E-state index in [0.717, 1.165) is 25.9 Å². The first-order valence-electron chi connectivity index (χ1n) is 6.14. The van der Waals surface area contributed by atoms with Crippen LogP contribution in [0.3, 0.4) is 0 Å². The van der Waals surface area contributed by atoms with E-state index in [1.807, 2.05) is 11.3 Å². The number of hydrogen-bond acceptors (Lipinski definition) is 3. The van der Waals surface area contributed by atoms with Crippen molar-refractivity contribution in [1.29, 1.82) is 0 Å². The summed E-state index contributed by atoms with van der Waals surface area (Å²) in [4.78, 5) is 2.72. The molecule has 16 heavy (non-hydrogen) atoms. The van der Waals surface area contributed by atoms with Gasteiger partial charge in [-0.25, -0.2) is 0 Å². The molecule has 0 saturated carbocycles. The van der Waals surface area contributed by atoms with Crippen molar-refractivity contribution < 1.29 is 4.74 Å². The van der Waals surface area contributed by atoms with Gasteiger partial charge in [0.15, 0.2) is 0 Å². The van der Waals surface area contributed by atoms with Crippen molar-refractivity contribution in [3.8, 4) is 0 Å². The standard InChI is InChI=1S/C13H21NOS/c1-4-13(5-2)9-14-8-11(15-13)12-7-6-10(3)16-12/h6-7,11,14H,4-5,8-9H2,1-3H3. The first-order valence-corrected chi connectivity index (χ1v) is 6.95. The van der Waals surface area contributed by atoms with Crippen LogP contribution in [0.5, 0.6) is 0 Å². The Bertz CT molecular complexity index is 343. The van der Waals surface area contributed by atoms with Crippen molar-refractivity contribution in [2.75, 3.05) is 13.1 Å². The predicted molar refractivity (Wildman–Crippen MR) is 69.1 cm³/mol. The van der Waals surface area contributed by atoms with Gasteiger partial charge in [-0.05, 0) is 31.9 Å². The maximum Gasteiger partial charge on any atom is 0.105 e. The molecule has 2 heterocycles. The summed E-state index contributed by atoms with van der Waals surface area (Å²) in [7, 11) is 0. The zero-order chi connectivity index (χ0) is 11.6. The Labute approximate surface area is 102 Å². The molecule has 1 fully saturated rings. The molecule has 1 aromatic heterocycles. The number of morpholine rings is 1. The predicted octanol–water partition coefficient (Wildman–Crippen LogP) is 3.28. The van der Waals surface area contributed by atoms with Gasteiger partial charge < -0.3 is 10.1 Å². The number of rotatable bonds is 3. The molecule has 1 saturated heterocycles. The second-order valence-corrected chi connectivity index (χ2v) is 5.90. The number of aryl methyl sites for hydroxylation is 1. The second-order valence-electron chi connectivity index (χ2n) is 4.58. The van der Waals surface area contributed by atoms with Crippen LogP contribution in [0.25, 0.3) is 0 Å². The van der Waals surface area contributed by atoms with Crippen molar-refractivity contribution in [2.45, 2.75) is 45.3 Å². The summed E-state index contributed by atoms with van der Waals surface area (Å²) in [6.45, 7) is 8.51. The van der Waals surface area contributed by atoms with Gasteiger partial charge in [0, 0.05) is 22.8 Å². The molecule has 0 bridgehead atoms. The molecular formula is C13H21NOS. The van der Waals surface area contributed by atoms with Crippen LogP contribution in [0.2, 0.25) is 0 Å². The molecule has 0 spiro atoms. The van der Waals surface area contributed by atoms with Gasteiger partial charge in [-0.3, -0.25) is 0 Å². The molecule has 1 aliphatic rings. The fourth-order valence-corrected chi connectivity index (χ4v) is 3.17. The Morgan fingerprint density at radius 3 is 2.75 bits per heavy atom. The minimum atomic E-state index is 0.0425. The summed E-state index contributed by atoms with van der Waals surface area (Å²) in [5.41, 5.74) is 0.0425. The molecule has 0 amide bonds. The molecule has 2 rings (SSSR count). The molecule has 90 valence electrons. The van der Waals surface area contributed by atoms with E-state index in [1.165, 1.54) is 9.75 Å². The normalized spacial score (nSPS) is 24.6. The summed E-state index contributed by atoms with van der Waals surface area (Å²) in [5.74, 6) is 0. The molecule has 3 heteroatoms. The molecular weight excluding hydrogens is 218 g/mol. The molecule has 1 unspecified atom stereocenters.